The first kappa shape index (κ1) is 17.7. The summed E-state index contributed by atoms with van der Waals surface area (Å²) in [4.78, 5) is 15.0. The van der Waals surface area contributed by atoms with Crippen LogP contribution in [0.1, 0.15) is 18.4 Å². The Labute approximate surface area is 160 Å². The van der Waals surface area contributed by atoms with E-state index in [9.17, 15) is 4.79 Å². The second-order valence-corrected chi connectivity index (χ2v) is 7.59. The molecule has 2 aromatic carbocycles. The molecule has 0 aliphatic carbocycles. The van der Waals surface area contributed by atoms with Gasteiger partial charge in [-0.15, -0.1) is 0 Å². The van der Waals surface area contributed by atoms with Gasteiger partial charge in [0, 0.05) is 17.3 Å². The maximum Gasteiger partial charge on any atom is 0.241 e. The number of nitrogens with one attached hydrogen (secondary N) is 1. The monoisotopic (exact) mass is 362 g/mol. The fourth-order valence-electron chi connectivity index (χ4n) is 4.02. The maximum absolute atomic E-state index is 12.7. The second-order valence-electron chi connectivity index (χ2n) is 7.59. The van der Waals surface area contributed by atoms with Crippen LogP contribution in [0.15, 0.2) is 60.8 Å². The Balaban J connectivity index is 1.47. The minimum atomic E-state index is 0.00954. The summed E-state index contributed by atoms with van der Waals surface area (Å²) in [5.74, 6) is 0.0121. The smallest absolute Gasteiger partial charge is 0.241 e. The van der Waals surface area contributed by atoms with E-state index in [-0.39, 0.29) is 17.9 Å². The topological polar surface area (TPSA) is 50.2 Å². The summed E-state index contributed by atoms with van der Waals surface area (Å²) in [6, 6.07) is 18.6. The van der Waals surface area contributed by atoms with E-state index in [1.54, 1.807) is 4.68 Å². The van der Waals surface area contributed by atoms with E-state index in [2.05, 4.69) is 46.6 Å². The van der Waals surface area contributed by atoms with Crippen LogP contribution >= 0.6 is 0 Å². The Morgan fingerprint density at radius 2 is 1.78 bits per heavy atom. The molecule has 5 heteroatoms. The lowest BCUT2D eigenvalue weighted by atomic mass is 9.72. The number of hydrogen-bond acceptors (Lipinski definition) is 3. The van der Waals surface area contributed by atoms with Crippen molar-refractivity contribution in [1.29, 1.82) is 0 Å². The number of fused-ring (bicyclic) bond motifs is 1. The fraction of sp³-hybridized carbons (Fsp3) is 0.364. The minimum absolute atomic E-state index is 0.00954. The van der Waals surface area contributed by atoms with E-state index in [0.717, 1.165) is 36.8 Å². The van der Waals surface area contributed by atoms with Gasteiger partial charge in [0.25, 0.3) is 0 Å². The van der Waals surface area contributed by atoms with Gasteiger partial charge in [-0.2, -0.15) is 5.10 Å². The molecule has 0 atom stereocenters. The number of benzene rings is 2. The SMILES string of the molecule is CN1CCC(CNC(=O)Cn2ncc3ccccc32)(c2ccccc2)CC1. The molecule has 0 bridgehead atoms. The van der Waals surface area contributed by atoms with Gasteiger partial charge < -0.3 is 10.2 Å². The molecular formula is C22H26N4O. The van der Waals surface area contributed by atoms with Crippen LogP contribution < -0.4 is 5.32 Å². The number of likely N-dealkylation sites (tertiary alicyclic amines) is 1. The molecule has 0 unspecified atom stereocenters. The Bertz CT molecular complexity index is 910. The van der Waals surface area contributed by atoms with Crippen LogP contribution in [0.5, 0.6) is 0 Å². The third-order valence-electron chi connectivity index (χ3n) is 5.80. The van der Waals surface area contributed by atoms with Gasteiger partial charge in [0.15, 0.2) is 0 Å². The summed E-state index contributed by atoms with van der Waals surface area (Å²) < 4.78 is 1.77. The highest BCUT2D eigenvalue weighted by atomic mass is 16.2. The van der Waals surface area contributed by atoms with E-state index in [1.165, 1.54) is 5.56 Å². The van der Waals surface area contributed by atoms with Gasteiger partial charge in [0.1, 0.15) is 6.54 Å². The molecule has 1 fully saturated rings. The Kier molecular flexibility index (Phi) is 4.94. The summed E-state index contributed by atoms with van der Waals surface area (Å²) in [5.41, 5.74) is 2.32. The first-order valence-corrected chi connectivity index (χ1v) is 9.58. The molecule has 1 aliphatic heterocycles. The van der Waals surface area contributed by atoms with Crippen LogP contribution in [0.3, 0.4) is 0 Å². The molecule has 1 amide bonds. The summed E-state index contributed by atoms with van der Waals surface area (Å²) in [7, 11) is 2.16. The molecule has 4 rings (SSSR count). The van der Waals surface area contributed by atoms with Crippen molar-refractivity contribution in [2.75, 3.05) is 26.7 Å². The minimum Gasteiger partial charge on any atom is -0.354 e. The van der Waals surface area contributed by atoms with Crippen molar-refractivity contribution in [1.82, 2.24) is 20.0 Å². The largest absolute Gasteiger partial charge is 0.354 e. The number of amides is 1. The fourth-order valence-corrected chi connectivity index (χ4v) is 4.02. The number of nitrogens with zero attached hydrogens (tertiary/aromatic N) is 3. The van der Waals surface area contributed by atoms with Crippen molar-refractivity contribution in [2.45, 2.75) is 24.8 Å². The molecule has 1 aromatic heterocycles. The van der Waals surface area contributed by atoms with Gasteiger partial charge in [-0.1, -0.05) is 48.5 Å². The second kappa shape index (κ2) is 7.53. The van der Waals surface area contributed by atoms with E-state index in [0.29, 0.717) is 6.54 Å². The zero-order valence-corrected chi connectivity index (χ0v) is 15.8. The lowest BCUT2D eigenvalue weighted by Gasteiger charge is -2.41. The standard InChI is InChI=1S/C22H26N4O/c1-25-13-11-22(12-14-25,19-8-3-2-4-9-19)17-23-21(27)16-26-20-10-6-5-7-18(20)15-24-26/h2-10,15H,11-14,16-17H2,1H3,(H,23,27). The summed E-state index contributed by atoms with van der Waals surface area (Å²) in [6.07, 6.45) is 3.92. The van der Waals surface area contributed by atoms with Crippen molar-refractivity contribution >= 4 is 16.8 Å². The molecule has 1 saturated heterocycles. The zero-order chi connectivity index (χ0) is 18.7. The zero-order valence-electron chi connectivity index (χ0n) is 15.8. The predicted octanol–water partition coefficient (Wildman–Crippen LogP) is 2.82. The molecule has 5 nitrogen and oxygen atoms in total. The number of para-hydroxylation sites is 1. The highest BCUT2D eigenvalue weighted by Crippen LogP contribution is 2.34. The first-order chi connectivity index (χ1) is 13.2. The molecule has 3 aromatic rings. The lowest BCUT2D eigenvalue weighted by Crippen LogP contribution is -2.48. The average Bonchev–Trinajstić information content (AvgIpc) is 3.11. The Morgan fingerprint density at radius 3 is 2.56 bits per heavy atom. The maximum atomic E-state index is 12.7. The molecule has 0 radical (unpaired) electrons. The van der Waals surface area contributed by atoms with Crippen molar-refractivity contribution in [3.63, 3.8) is 0 Å². The van der Waals surface area contributed by atoms with Gasteiger partial charge in [-0.3, -0.25) is 9.48 Å². The van der Waals surface area contributed by atoms with Gasteiger partial charge in [-0.25, -0.2) is 0 Å². The van der Waals surface area contributed by atoms with Crippen molar-refractivity contribution < 1.29 is 4.79 Å². The molecule has 0 saturated carbocycles. The number of hydrogen-bond donors (Lipinski definition) is 1. The number of rotatable bonds is 5. The number of piperidine rings is 1. The van der Waals surface area contributed by atoms with Crippen LogP contribution in [-0.2, 0) is 16.8 Å². The average molecular weight is 362 g/mol. The third-order valence-corrected chi connectivity index (χ3v) is 5.80. The molecule has 0 spiro atoms. The Morgan fingerprint density at radius 1 is 1.07 bits per heavy atom. The summed E-state index contributed by atoms with van der Waals surface area (Å²) in [5, 5.41) is 8.61. The predicted molar refractivity (Wildman–Crippen MR) is 108 cm³/mol. The number of carbonyl (C=O) groups is 1. The van der Waals surface area contributed by atoms with Crippen molar-refractivity contribution in [2.24, 2.45) is 0 Å². The number of aromatic nitrogens is 2. The molecule has 1 aliphatic rings. The Hall–Kier alpha value is -2.66. The highest BCUT2D eigenvalue weighted by Gasteiger charge is 2.35. The summed E-state index contributed by atoms with van der Waals surface area (Å²) >= 11 is 0. The number of carbonyl (C=O) groups excluding carboxylic acids is 1. The van der Waals surface area contributed by atoms with Crippen LogP contribution in [0, 0.1) is 0 Å². The molecular weight excluding hydrogens is 336 g/mol. The molecule has 1 N–H and O–H groups in total. The van der Waals surface area contributed by atoms with Crippen LogP contribution in [0.25, 0.3) is 10.9 Å². The van der Waals surface area contributed by atoms with E-state index in [1.807, 2.05) is 36.5 Å². The van der Waals surface area contributed by atoms with Crippen LogP contribution in [-0.4, -0.2) is 47.3 Å². The van der Waals surface area contributed by atoms with Gasteiger partial charge in [0.2, 0.25) is 5.91 Å². The molecule has 27 heavy (non-hydrogen) atoms. The van der Waals surface area contributed by atoms with Gasteiger partial charge >= 0.3 is 0 Å². The molecule has 140 valence electrons. The van der Waals surface area contributed by atoms with Gasteiger partial charge in [-0.05, 0) is 44.6 Å². The van der Waals surface area contributed by atoms with Crippen LogP contribution in [0.2, 0.25) is 0 Å². The highest BCUT2D eigenvalue weighted by molar-refractivity contribution is 5.82. The quantitative estimate of drug-likeness (QED) is 0.759. The third kappa shape index (κ3) is 3.74. The first-order valence-electron chi connectivity index (χ1n) is 9.58. The van der Waals surface area contributed by atoms with E-state index < -0.39 is 0 Å². The normalized spacial score (nSPS) is 17.1. The van der Waals surface area contributed by atoms with Crippen LogP contribution in [0.4, 0.5) is 0 Å². The van der Waals surface area contributed by atoms with E-state index in [4.69, 9.17) is 0 Å². The summed E-state index contributed by atoms with van der Waals surface area (Å²) in [6.45, 7) is 3.02. The lowest BCUT2D eigenvalue weighted by molar-refractivity contribution is -0.122. The van der Waals surface area contributed by atoms with E-state index >= 15 is 0 Å². The molecule has 2 heterocycles. The van der Waals surface area contributed by atoms with Crippen molar-refractivity contribution in [3.8, 4) is 0 Å². The van der Waals surface area contributed by atoms with Gasteiger partial charge in [0.05, 0.1) is 11.7 Å². The van der Waals surface area contributed by atoms with Crippen molar-refractivity contribution in [3.05, 3.63) is 66.4 Å².